The zero-order valence-corrected chi connectivity index (χ0v) is 8.44. The van der Waals surface area contributed by atoms with Gasteiger partial charge >= 0.3 is 0 Å². The van der Waals surface area contributed by atoms with Gasteiger partial charge in [-0.25, -0.2) is 9.45 Å². The molecule has 1 amide bonds. The van der Waals surface area contributed by atoms with Crippen molar-refractivity contribution in [2.45, 2.75) is 6.42 Å². The molecule has 0 atom stereocenters. The summed E-state index contributed by atoms with van der Waals surface area (Å²) >= 11 is 0. The average molecular weight is 220 g/mol. The minimum Gasteiger partial charge on any atom is -0.271 e. The summed E-state index contributed by atoms with van der Waals surface area (Å²) in [7, 11) is 0. The first-order valence-electron chi connectivity index (χ1n) is 4.87. The lowest BCUT2D eigenvalue weighted by molar-refractivity contribution is -0.0768. The number of carbonyl (C=O) groups is 1. The maximum Gasteiger partial charge on any atom is 0.277 e. The highest BCUT2D eigenvalue weighted by molar-refractivity contribution is 5.94. The Morgan fingerprint density at radius 2 is 2.38 bits per heavy atom. The van der Waals surface area contributed by atoms with Gasteiger partial charge in [-0.15, -0.1) is 0 Å². The minimum absolute atomic E-state index is 0.134. The van der Waals surface area contributed by atoms with Crippen molar-refractivity contribution < 1.29 is 14.0 Å². The zero-order valence-electron chi connectivity index (χ0n) is 8.44. The first-order valence-corrected chi connectivity index (χ1v) is 4.87. The van der Waals surface area contributed by atoms with Crippen LogP contribution in [0.5, 0.6) is 0 Å². The van der Waals surface area contributed by atoms with E-state index in [2.05, 4.69) is 0 Å². The maximum absolute atomic E-state index is 13.0. The molecular weight excluding hydrogens is 211 g/mol. The molecule has 0 aromatic heterocycles. The second kappa shape index (κ2) is 4.29. The van der Waals surface area contributed by atoms with E-state index in [1.165, 1.54) is 17.2 Å². The van der Waals surface area contributed by atoms with Crippen molar-refractivity contribution in [3.05, 3.63) is 35.1 Å². The Bertz CT molecular complexity index is 462. The second-order valence-corrected chi connectivity index (χ2v) is 3.40. The van der Waals surface area contributed by atoms with Gasteiger partial charge in [0.25, 0.3) is 5.91 Å². The number of hydroxylamine groups is 2. The number of carbonyl (C=O) groups excluding carboxylic acids is 1. The average Bonchev–Trinajstić information content (AvgIpc) is 2.82. The highest BCUT2D eigenvalue weighted by Crippen LogP contribution is 2.14. The molecule has 1 aromatic rings. The number of rotatable bonds is 1. The summed E-state index contributed by atoms with van der Waals surface area (Å²) in [5.74, 6) is -0.963. The first kappa shape index (κ1) is 10.6. The minimum atomic E-state index is -0.624. The molecule has 0 unspecified atom stereocenters. The first-order chi connectivity index (χ1) is 7.72. The van der Waals surface area contributed by atoms with Gasteiger partial charge in [0.05, 0.1) is 18.7 Å². The van der Waals surface area contributed by atoms with Crippen LogP contribution in [0, 0.1) is 17.1 Å². The molecule has 0 spiro atoms. The van der Waals surface area contributed by atoms with Crippen LogP contribution in [0.2, 0.25) is 0 Å². The molecule has 1 saturated heterocycles. The van der Waals surface area contributed by atoms with Crippen molar-refractivity contribution in [3.8, 4) is 6.07 Å². The SMILES string of the molecule is N#Cc1cc(C(=O)N2CCCO2)ccc1F. The molecular formula is C11H9FN2O2. The predicted octanol–water partition coefficient (Wildman–Crippen LogP) is 1.47. The number of hydrogen-bond acceptors (Lipinski definition) is 3. The molecule has 0 aliphatic carbocycles. The molecule has 0 bridgehead atoms. The third-order valence-corrected chi connectivity index (χ3v) is 2.31. The largest absolute Gasteiger partial charge is 0.277 e. The lowest BCUT2D eigenvalue weighted by atomic mass is 10.1. The fraction of sp³-hybridized carbons (Fsp3) is 0.273. The highest BCUT2D eigenvalue weighted by atomic mass is 19.1. The van der Waals surface area contributed by atoms with Crippen molar-refractivity contribution >= 4 is 5.91 Å². The van der Waals surface area contributed by atoms with Gasteiger partial charge in [0.1, 0.15) is 11.9 Å². The van der Waals surface area contributed by atoms with E-state index in [1.54, 1.807) is 6.07 Å². The summed E-state index contributed by atoms with van der Waals surface area (Å²) in [6, 6.07) is 5.39. The third-order valence-electron chi connectivity index (χ3n) is 2.31. The van der Waals surface area contributed by atoms with Crippen LogP contribution in [0.3, 0.4) is 0 Å². The fourth-order valence-electron chi connectivity index (χ4n) is 1.50. The molecule has 1 aliphatic rings. The van der Waals surface area contributed by atoms with Crippen LogP contribution in [-0.2, 0) is 4.84 Å². The molecule has 0 N–H and O–H groups in total. The lowest BCUT2D eigenvalue weighted by Crippen LogP contribution is -2.26. The molecule has 1 aliphatic heterocycles. The Labute approximate surface area is 91.8 Å². The van der Waals surface area contributed by atoms with Crippen molar-refractivity contribution in [3.63, 3.8) is 0 Å². The summed E-state index contributed by atoms with van der Waals surface area (Å²) in [4.78, 5) is 16.9. The van der Waals surface area contributed by atoms with Crippen molar-refractivity contribution in [1.29, 1.82) is 5.26 Å². The van der Waals surface area contributed by atoms with Gasteiger partial charge in [0.15, 0.2) is 0 Å². The van der Waals surface area contributed by atoms with Gasteiger partial charge < -0.3 is 0 Å². The van der Waals surface area contributed by atoms with Crippen LogP contribution in [-0.4, -0.2) is 24.1 Å². The number of benzene rings is 1. The van der Waals surface area contributed by atoms with Gasteiger partial charge in [-0.3, -0.25) is 9.63 Å². The van der Waals surface area contributed by atoms with E-state index in [0.29, 0.717) is 13.2 Å². The van der Waals surface area contributed by atoms with E-state index in [0.717, 1.165) is 12.5 Å². The Balaban J connectivity index is 2.27. The van der Waals surface area contributed by atoms with Gasteiger partial charge in [-0.1, -0.05) is 0 Å². The smallest absolute Gasteiger partial charge is 0.271 e. The molecule has 1 aromatic carbocycles. The molecule has 16 heavy (non-hydrogen) atoms. The van der Waals surface area contributed by atoms with E-state index < -0.39 is 5.82 Å². The Morgan fingerprint density at radius 3 is 3.00 bits per heavy atom. The number of nitrogens with zero attached hydrogens (tertiary/aromatic N) is 2. The molecule has 0 radical (unpaired) electrons. The van der Waals surface area contributed by atoms with Crippen molar-refractivity contribution in [2.75, 3.05) is 13.2 Å². The quantitative estimate of drug-likeness (QED) is 0.720. The fourth-order valence-corrected chi connectivity index (χ4v) is 1.50. The summed E-state index contributed by atoms with van der Waals surface area (Å²) in [5, 5.41) is 9.87. The van der Waals surface area contributed by atoms with Gasteiger partial charge in [-0.05, 0) is 24.6 Å². The number of amides is 1. The summed E-state index contributed by atoms with van der Waals surface area (Å²) in [6.07, 6.45) is 0.790. The molecule has 4 nitrogen and oxygen atoms in total. The van der Waals surface area contributed by atoms with Crippen LogP contribution < -0.4 is 0 Å². The van der Waals surface area contributed by atoms with Crippen molar-refractivity contribution in [1.82, 2.24) is 5.06 Å². The Morgan fingerprint density at radius 1 is 1.56 bits per heavy atom. The molecule has 1 fully saturated rings. The summed E-state index contributed by atoms with van der Waals surface area (Å²) < 4.78 is 13.0. The highest BCUT2D eigenvalue weighted by Gasteiger charge is 2.21. The molecule has 2 rings (SSSR count). The summed E-state index contributed by atoms with van der Waals surface area (Å²) in [6.45, 7) is 1.04. The van der Waals surface area contributed by atoms with E-state index in [9.17, 15) is 9.18 Å². The normalized spacial score (nSPS) is 14.9. The number of halogens is 1. The van der Waals surface area contributed by atoms with E-state index >= 15 is 0 Å². The van der Waals surface area contributed by atoms with Crippen LogP contribution in [0.4, 0.5) is 4.39 Å². The van der Waals surface area contributed by atoms with Gasteiger partial charge in [-0.2, -0.15) is 5.26 Å². The van der Waals surface area contributed by atoms with Crippen LogP contribution in [0.15, 0.2) is 18.2 Å². The molecule has 1 heterocycles. The van der Waals surface area contributed by atoms with Gasteiger partial charge in [0, 0.05) is 5.56 Å². The third kappa shape index (κ3) is 1.88. The van der Waals surface area contributed by atoms with Crippen molar-refractivity contribution in [2.24, 2.45) is 0 Å². The van der Waals surface area contributed by atoms with E-state index in [4.69, 9.17) is 10.1 Å². The van der Waals surface area contributed by atoms with Crippen LogP contribution in [0.1, 0.15) is 22.3 Å². The molecule has 82 valence electrons. The number of nitriles is 1. The maximum atomic E-state index is 13.0. The van der Waals surface area contributed by atoms with Crippen LogP contribution >= 0.6 is 0 Å². The Hall–Kier alpha value is -1.93. The lowest BCUT2D eigenvalue weighted by Gasteiger charge is -2.13. The number of hydrogen-bond donors (Lipinski definition) is 0. The monoisotopic (exact) mass is 220 g/mol. The second-order valence-electron chi connectivity index (χ2n) is 3.40. The summed E-state index contributed by atoms with van der Waals surface area (Å²) in [5.41, 5.74) is 0.130. The van der Waals surface area contributed by atoms with Gasteiger partial charge in [0.2, 0.25) is 0 Å². The molecule has 5 heteroatoms. The predicted molar refractivity (Wildman–Crippen MR) is 52.7 cm³/mol. The Kier molecular flexibility index (Phi) is 2.84. The topological polar surface area (TPSA) is 53.3 Å². The standard InChI is InChI=1S/C11H9FN2O2/c12-10-3-2-8(6-9(10)7-13)11(15)14-4-1-5-16-14/h2-3,6H,1,4-5H2. The molecule has 0 saturated carbocycles. The van der Waals surface area contributed by atoms with E-state index in [1.807, 2.05) is 0 Å². The van der Waals surface area contributed by atoms with E-state index in [-0.39, 0.29) is 17.0 Å². The van der Waals surface area contributed by atoms with Crippen LogP contribution in [0.25, 0.3) is 0 Å². The zero-order chi connectivity index (χ0) is 11.5.